The predicted molar refractivity (Wildman–Crippen MR) is 105 cm³/mol. The highest BCUT2D eigenvalue weighted by Gasteiger charge is 2.32. The minimum Gasteiger partial charge on any atom is -0.404 e. The molecule has 0 unspecified atom stereocenters. The van der Waals surface area contributed by atoms with Crippen molar-refractivity contribution in [2.45, 2.75) is 50.9 Å². The number of nitrogens with zero attached hydrogens (tertiary/aromatic N) is 2. The van der Waals surface area contributed by atoms with E-state index >= 15 is 0 Å². The van der Waals surface area contributed by atoms with Gasteiger partial charge in [-0.05, 0) is 36.5 Å². The Kier molecular flexibility index (Phi) is 7.45. The van der Waals surface area contributed by atoms with Gasteiger partial charge in [0.1, 0.15) is 5.75 Å². The van der Waals surface area contributed by atoms with Gasteiger partial charge >= 0.3 is 6.36 Å². The molecule has 0 N–H and O–H groups in total. The lowest BCUT2D eigenvalue weighted by molar-refractivity contribution is -0.274. The second-order valence-corrected chi connectivity index (χ2v) is 8.09. The first-order chi connectivity index (χ1) is 13.0. The van der Waals surface area contributed by atoms with E-state index in [0.29, 0.717) is 40.8 Å². The lowest BCUT2D eigenvalue weighted by atomic mass is 10.0. The van der Waals surface area contributed by atoms with Crippen LogP contribution in [0.1, 0.15) is 37.6 Å². The van der Waals surface area contributed by atoms with Gasteiger partial charge in [0.15, 0.2) is 5.16 Å². The van der Waals surface area contributed by atoms with Crippen molar-refractivity contribution in [3.8, 4) is 5.75 Å². The largest absolute Gasteiger partial charge is 0.573 e. The molecule has 0 atom stereocenters. The summed E-state index contributed by atoms with van der Waals surface area (Å²) in [6.45, 7) is 6.04. The Morgan fingerprint density at radius 3 is 2.57 bits per heavy atom. The number of alkyl halides is 3. The Hall–Kier alpha value is -1.67. The molecule has 1 aromatic carbocycles. The molecule has 0 aliphatic rings. The molecule has 0 fully saturated rings. The third-order valence-corrected chi connectivity index (χ3v) is 5.39. The molecule has 1 heterocycles. The molecule has 0 saturated carbocycles. The standard InChI is InChI=1S/C19H22ClF3N2O2S/c1-5-13-15(8-11(2)3)24-18(25(4)17(13)26)28-10-12-6-7-14(20)16(9-12)27-19(21,22)23/h6-7,9,11H,5,8,10H2,1-4H3. The van der Waals surface area contributed by atoms with Gasteiger partial charge in [0, 0.05) is 18.4 Å². The molecule has 0 bridgehead atoms. The zero-order valence-corrected chi connectivity index (χ0v) is 17.6. The van der Waals surface area contributed by atoms with Gasteiger partial charge in [-0.25, -0.2) is 4.98 Å². The molecule has 0 radical (unpaired) electrons. The van der Waals surface area contributed by atoms with Crippen molar-refractivity contribution in [2.24, 2.45) is 13.0 Å². The van der Waals surface area contributed by atoms with Gasteiger partial charge < -0.3 is 4.74 Å². The van der Waals surface area contributed by atoms with E-state index in [4.69, 9.17) is 11.6 Å². The van der Waals surface area contributed by atoms with Crippen molar-refractivity contribution >= 4 is 23.4 Å². The first kappa shape index (κ1) is 22.6. The van der Waals surface area contributed by atoms with Crippen LogP contribution < -0.4 is 10.3 Å². The molecule has 4 nitrogen and oxygen atoms in total. The van der Waals surface area contributed by atoms with Gasteiger partial charge in [-0.3, -0.25) is 9.36 Å². The number of hydrogen-bond donors (Lipinski definition) is 0. The summed E-state index contributed by atoms with van der Waals surface area (Å²) in [5.74, 6) is 0.218. The fourth-order valence-corrected chi connectivity index (χ4v) is 3.78. The molecule has 2 rings (SSSR count). The van der Waals surface area contributed by atoms with Crippen LogP contribution >= 0.6 is 23.4 Å². The smallest absolute Gasteiger partial charge is 0.404 e. The zero-order valence-electron chi connectivity index (χ0n) is 16.1. The van der Waals surface area contributed by atoms with Gasteiger partial charge in [-0.1, -0.05) is 50.2 Å². The van der Waals surface area contributed by atoms with Gasteiger partial charge in [0.25, 0.3) is 5.56 Å². The molecular formula is C19H22ClF3N2O2S. The van der Waals surface area contributed by atoms with Crippen LogP contribution in [0.3, 0.4) is 0 Å². The van der Waals surface area contributed by atoms with Crippen LogP contribution in [0, 0.1) is 5.92 Å². The number of halogens is 4. The number of aromatic nitrogens is 2. The summed E-state index contributed by atoms with van der Waals surface area (Å²) >= 11 is 7.06. The fourth-order valence-electron chi connectivity index (χ4n) is 2.70. The second-order valence-electron chi connectivity index (χ2n) is 6.74. The van der Waals surface area contributed by atoms with Crippen LogP contribution in [0.25, 0.3) is 0 Å². The highest BCUT2D eigenvalue weighted by molar-refractivity contribution is 7.98. The quantitative estimate of drug-likeness (QED) is 0.433. The molecular weight excluding hydrogens is 413 g/mol. The Balaban J connectivity index is 2.28. The summed E-state index contributed by atoms with van der Waals surface area (Å²) in [5.41, 5.74) is 1.97. The summed E-state index contributed by atoms with van der Waals surface area (Å²) < 4.78 is 42.9. The first-order valence-electron chi connectivity index (χ1n) is 8.77. The number of rotatable bonds is 7. The monoisotopic (exact) mass is 434 g/mol. The Morgan fingerprint density at radius 1 is 1.32 bits per heavy atom. The summed E-state index contributed by atoms with van der Waals surface area (Å²) in [7, 11) is 1.65. The maximum atomic E-state index is 12.6. The molecule has 0 amide bonds. The van der Waals surface area contributed by atoms with E-state index in [2.05, 4.69) is 23.6 Å². The summed E-state index contributed by atoms with van der Waals surface area (Å²) in [6.07, 6.45) is -3.53. The van der Waals surface area contributed by atoms with E-state index < -0.39 is 12.1 Å². The number of benzene rings is 1. The SMILES string of the molecule is CCc1c(CC(C)C)nc(SCc2ccc(Cl)c(OC(F)(F)F)c2)n(C)c1=O. The van der Waals surface area contributed by atoms with Crippen molar-refractivity contribution in [2.75, 3.05) is 0 Å². The van der Waals surface area contributed by atoms with Crippen LogP contribution in [-0.2, 0) is 25.6 Å². The predicted octanol–water partition coefficient (Wildman–Crippen LogP) is 5.39. The summed E-state index contributed by atoms with van der Waals surface area (Å²) in [4.78, 5) is 17.3. The fraction of sp³-hybridized carbons (Fsp3) is 0.474. The summed E-state index contributed by atoms with van der Waals surface area (Å²) in [5, 5.41) is 0.397. The lowest BCUT2D eigenvalue weighted by Crippen LogP contribution is -2.26. The van der Waals surface area contributed by atoms with E-state index in [0.717, 1.165) is 5.69 Å². The van der Waals surface area contributed by atoms with Crippen molar-refractivity contribution in [1.82, 2.24) is 9.55 Å². The molecule has 0 saturated heterocycles. The highest BCUT2D eigenvalue weighted by atomic mass is 35.5. The maximum absolute atomic E-state index is 12.6. The van der Waals surface area contributed by atoms with E-state index in [-0.39, 0.29) is 10.6 Å². The molecule has 154 valence electrons. The number of ether oxygens (including phenoxy) is 1. The molecule has 0 aliphatic carbocycles. The number of thioether (sulfide) groups is 1. The average molecular weight is 435 g/mol. The number of hydrogen-bond acceptors (Lipinski definition) is 4. The first-order valence-corrected chi connectivity index (χ1v) is 10.1. The van der Waals surface area contributed by atoms with Crippen LogP contribution in [0.4, 0.5) is 13.2 Å². The molecule has 28 heavy (non-hydrogen) atoms. The molecule has 0 aliphatic heterocycles. The maximum Gasteiger partial charge on any atom is 0.573 e. The van der Waals surface area contributed by atoms with Crippen molar-refractivity contribution in [3.63, 3.8) is 0 Å². The zero-order chi connectivity index (χ0) is 21.1. The Bertz CT molecular complexity index is 898. The van der Waals surface area contributed by atoms with Gasteiger partial charge in [-0.15, -0.1) is 13.2 Å². The third-order valence-electron chi connectivity index (χ3n) is 3.97. The lowest BCUT2D eigenvalue weighted by Gasteiger charge is -2.15. The van der Waals surface area contributed by atoms with Crippen LogP contribution in [0.15, 0.2) is 28.2 Å². The van der Waals surface area contributed by atoms with E-state index in [1.165, 1.54) is 28.5 Å². The average Bonchev–Trinajstić information content (AvgIpc) is 2.58. The minimum absolute atomic E-state index is 0.0900. The second kappa shape index (κ2) is 9.22. The van der Waals surface area contributed by atoms with Gasteiger partial charge in [-0.2, -0.15) is 0 Å². The van der Waals surface area contributed by atoms with E-state index in [1.807, 2.05) is 6.92 Å². The van der Waals surface area contributed by atoms with Gasteiger partial charge in [0.2, 0.25) is 0 Å². The molecule has 0 spiro atoms. The van der Waals surface area contributed by atoms with E-state index in [9.17, 15) is 18.0 Å². The van der Waals surface area contributed by atoms with Crippen LogP contribution in [0.2, 0.25) is 5.02 Å². The molecule has 9 heteroatoms. The van der Waals surface area contributed by atoms with Crippen LogP contribution in [-0.4, -0.2) is 15.9 Å². The Labute approximate surface area is 171 Å². The normalized spacial score (nSPS) is 11.9. The topological polar surface area (TPSA) is 44.1 Å². The molecule has 1 aromatic heterocycles. The highest BCUT2D eigenvalue weighted by Crippen LogP contribution is 2.32. The van der Waals surface area contributed by atoms with Gasteiger partial charge in [0.05, 0.1) is 10.7 Å². The third kappa shape index (κ3) is 5.91. The van der Waals surface area contributed by atoms with E-state index in [1.54, 1.807) is 13.1 Å². The minimum atomic E-state index is -4.82. The molecule has 2 aromatic rings. The summed E-state index contributed by atoms with van der Waals surface area (Å²) in [6, 6.07) is 4.22. The van der Waals surface area contributed by atoms with Crippen molar-refractivity contribution in [1.29, 1.82) is 0 Å². The van der Waals surface area contributed by atoms with Crippen LogP contribution in [0.5, 0.6) is 5.75 Å². The van der Waals surface area contributed by atoms with Crippen molar-refractivity contribution in [3.05, 3.63) is 50.4 Å². The Morgan fingerprint density at radius 2 is 2.00 bits per heavy atom. The van der Waals surface area contributed by atoms with Crippen molar-refractivity contribution < 1.29 is 17.9 Å².